The Morgan fingerprint density at radius 1 is 1.09 bits per heavy atom. The molecule has 168 valence electrons. The van der Waals surface area contributed by atoms with Gasteiger partial charge < -0.3 is 24.1 Å². The van der Waals surface area contributed by atoms with Gasteiger partial charge in [0.1, 0.15) is 31.0 Å². The van der Waals surface area contributed by atoms with Crippen LogP contribution in [0.4, 0.5) is 5.82 Å². The van der Waals surface area contributed by atoms with Crippen LogP contribution in [0.25, 0.3) is 22.3 Å². The Bertz CT molecular complexity index is 1300. The lowest BCUT2D eigenvalue weighted by atomic mass is 10.0. The Hall–Kier alpha value is -3.72. The van der Waals surface area contributed by atoms with Gasteiger partial charge in [-0.15, -0.1) is 0 Å². The van der Waals surface area contributed by atoms with E-state index in [1.54, 1.807) is 12.5 Å². The summed E-state index contributed by atoms with van der Waals surface area (Å²) in [6.45, 7) is 5.37. The second-order valence-corrected chi connectivity index (χ2v) is 8.35. The van der Waals surface area contributed by atoms with Gasteiger partial charge in [0, 0.05) is 53.6 Å². The minimum atomic E-state index is 0.176. The molecule has 4 aromatic rings. The fourth-order valence-electron chi connectivity index (χ4n) is 4.20. The lowest BCUT2D eigenvalue weighted by Crippen LogP contribution is -2.30. The molecule has 9 nitrogen and oxygen atoms in total. The number of hydrogen-bond donors (Lipinski definition) is 1. The minimum Gasteiger partial charge on any atom is -0.484 e. The van der Waals surface area contributed by atoms with Gasteiger partial charge >= 0.3 is 0 Å². The molecule has 1 saturated heterocycles. The smallest absolute Gasteiger partial charge is 0.257 e. The van der Waals surface area contributed by atoms with E-state index in [-0.39, 0.29) is 5.92 Å². The Morgan fingerprint density at radius 2 is 2.00 bits per heavy atom. The van der Waals surface area contributed by atoms with Gasteiger partial charge in [-0.2, -0.15) is 0 Å². The van der Waals surface area contributed by atoms with Gasteiger partial charge in [-0.3, -0.25) is 0 Å². The molecule has 6 rings (SSSR count). The predicted molar refractivity (Wildman–Crippen MR) is 123 cm³/mol. The predicted octanol–water partition coefficient (Wildman–Crippen LogP) is 3.45. The van der Waals surface area contributed by atoms with E-state index in [0.717, 1.165) is 52.6 Å². The van der Waals surface area contributed by atoms with Gasteiger partial charge in [0.15, 0.2) is 5.75 Å². The summed E-state index contributed by atoms with van der Waals surface area (Å²) < 4.78 is 18.9. The van der Waals surface area contributed by atoms with E-state index in [4.69, 9.17) is 19.2 Å². The van der Waals surface area contributed by atoms with Crippen molar-refractivity contribution in [1.29, 1.82) is 0 Å². The summed E-state index contributed by atoms with van der Waals surface area (Å²) in [6, 6.07) is 8.52. The van der Waals surface area contributed by atoms with Crippen LogP contribution >= 0.6 is 0 Å². The third-order valence-corrected chi connectivity index (χ3v) is 6.12. The molecule has 6 heterocycles. The van der Waals surface area contributed by atoms with Crippen LogP contribution in [0.1, 0.15) is 24.4 Å². The van der Waals surface area contributed by atoms with Crippen LogP contribution in [0.2, 0.25) is 0 Å². The van der Waals surface area contributed by atoms with Gasteiger partial charge in [0.25, 0.3) is 5.88 Å². The molecule has 0 spiro atoms. The number of anilines is 1. The van der Waals surface area contributed by atoms with Crippen LogP contribution in [-0.4, -0.2) is 57.5 Å². The molecule has 0 radical (unpaired) electrons. The van der Waals surface area contributed by atoms with Crippen molar-refractivity contribution in [2.75, 3.05) is 38.3 Å². The third kappa shape index (κ3) is 3.74. The summed E-state index contributed by atoms with van der Waals surface area (Å²) in [5, 5.41) is 4.51. The van der Waals surface area contributed by atoms with Gasteiger partial charge in [-0.05, 0) is 18.2 Å². The summed E-state index contributed by atoms with van der Waals surface area (Å²) in [5.41, 5.74) is 3.82. The molecule has 0 unspecified atom stereocenters. The van der Waals surface area contributed by atoms with Crippen molar-refractivity contribution >= 4 is 16.9 Å². The summed E-state index contributed by atoms with van der Waals surface area (Å²) in [6.07, 6.45) is 7.29. The normalized spacial score (nSPS) is 16.4. The van der Waals surface area contributed by atoms with Gasteiger partial charge in [0.2, 0.25) is 0 Å². The van der Waals surface area contributed by atoms with Crippen molar-refractivity contribution in [3.05, 3.63) is 54.7 Å². The number of pyridine rings is 2. The molecule has 1 atom stereocenters. The number of aromatic nitrogens is 5. The fourth-order valence-corrected chi connectivity index (χ4v) is 4.20. The average molecular weight is 444 g/mol. The summed E-state index contributed by atoms with van der Waals surface area (Å²) in [7, 11) is 0. The molecular formula is C24H24N6O3. The molecule has 0 saturated carbocycles. The first kappa shape index (κ1) is 19.9. The molecule has 1 fully saturated rings. The maximum Gasteiger partial charge on any atom is 0.257 e. The van der Waals surface area contributed by atoms with Crippen LogP contribution in [0.15, 0.2) is 49.2 Å². The monoisotopic (exact) mass is 444 g/mol. The quantitative estimate of drug-likeness (QED) is 0.483. The van der Waals surface area contributed by atoms with E-state index in [1.165, 1.54) is 0 Å². The third-order valence-electron chi connectivity index (χ3n) is 6.12. The van der Waals surface area contributed by atoms with Crippen molar-refractivity contribution in [1.82, 2.24) is 24.5 Å². The first-order chi connectivity index (χ1) is 16.3. The molecule has 0 aromatic carbocycles. The van der Waals surface area contributed by atoms with E-state index in [9.17, 15) is 0 Å². The van der Waals surface area contributed by atoms with E-state index in [0.29, 0.717) is 31.7 Å². The second-order valence-electron chi connectivity index (χ2n) is 8.35. The lowest BCUT2D eigenvalue weighted by Gasteiger charge is -2.27. The highest BCUT2D eigenvalue weighted by molar-refractivity contribution is 5.81. The molecular weight excluding hydrogens is 420 g/mol. The zero-order valence-electron chi connectivity index (χ0n) is 18.3. The second kappa shape index (κ2) is 8.32. The van der Waals surface area contributed by atoms with Crippen molar-refractivity contribution in [2.45, 2.75) is 18.9 Å². The molecule has 2 aliphatic rings. The number of ether oxygens (including phenoxy) is 3. The molecule has 9 heteroatoms. The summed E-state index contributed by atoms with van der Waals surface area (Å²) in [4.78, 5) is 17.8. The van der Waals surface area contributed by atoms with E-state index < -0.39 is 0 Å². The van der Waals surface area contributed by atoms with Gasteiger partial charge in [-0.25, -0.2) is 19.9 Å². The van der Waals surface area contributed by atoms with Gasteiger partial charge in [-0.1, -0.05) is 6.92 Å². The standard InChI is InChI=1S/C24H24N6O3/c1-15(19-2-4-25-24-22(19)32-6-7-33-24)10-26-21-9-20(28-14-29-21)17-8-16-3-5-30(18-12-31-13-18)23(16)27-11-17/h2-5,8-9,11,14-15,18H,6-7,10,12-13H2,1H3,(H,26,28,29)/t15-/m1/s1. The van der Waals surface area contributed by atoms with Crippen LogP contribution < -0.4 is 14.8 Å². The summed E-state index contributed by atoms with van der Waals surface area (Å²) in [5.74, 6) is 2.24. The fraction of sp³-hybridized carbons (Fsp3) is 0.333. The Balaban J connectivity index is 1.19. The highest BCUT2D eigenvalue weighted by Crippen LogP contribution is 2.36. The summed E-state index contributed by atoms with van der Waals surface area (Å²) >= 11 is 0. The van der Waals surface area contributed by atoms with E-state index in [1.807, 2.05) is 18.3 Å². The van der Waals surface area contributed by atoms with Crippen molar-refractivity contribution in [2.24, 2.45) is 0 Å². The molecule has 0 aliphatic carbocycles. The van der Waals surface area contributed by atoms with Crippen LogP contribution in [0, 0.1) is 0 Å². The number of rotatable bonds is 6. The van der Waals surface area contributed by atoms with Crippen molar-refractivity contribution in [3.63, 3.8) is 0 Å². The maximum absolute atomic E-state index is 5.81. The molecule has 4 aromatic heterocycles. The molecule has 33 heavy (non-hydrogen) atoms. The van der Waals surface area contributed by atoms with E-state index in [2.05, 4.69) is 50.1 Å². The molecule has 0 bridgehead atoms. The zero-order valence-corrected chi connectivity index (χ0v) is 18.3. The molecule has 0 amide bonds. The highest BCUT2D eigenvalue weighted by Gasteiger charge is 2.22. The van der Waals surface area contributed by atoms with Crippen molar-refractivity contribution in [3.8, 4) is 22.9 Å². The Morgan fingerprint density at radius 3 is 2.88 bits per heavy atom. The highest BCUT2D eigenvalue weighted by atomic mass is 16.6. The topological polar surface area (TPSA) is 96.2 Å². The number of hydrogen-bond acceptors (Lipinski definition) is 8. The lowest BCUT2D eigenvalue weighted by molar-refractivity contribution is -0.0216. The number of nitrogens with one attached hydrogen (secondary N) is 1. The van der Waals surface area contributed by atoms with Crippen LogP contribution in [-0.2, 0) is 4.74 Å². The first-order valence-corrected chi connectivity index (χ1v) is 11.1. The molecule has 2 aliphatic heterocycles. The minimum absolute atomic E-state index is 0.176. The van der Waals surface area contributed by atoms with Crippen LogP contribution in [0.5, 0.6) is 11.6 Å². The zero-order chi connectivity index (χ0) is 22.2. The van der Waals surface area contributed by atoms with E-state index >= 15 is 0 Å². The average Bonchev–Trinajstić information content (AvgIpc) is 3.24. The van der Waals surface area contributed by atoms with Crippen molar-refractivity contribution < 1.29 is 14.2 Å². The maximum atomic E-state index is 5.81. The van der Waals surface area contributed by atoms with Crippen LogP contribution in [0.3, 0.4) is 0 Å². The Kier molecular flexibility index (Phi) is 5.03. The largest absolute Gasteiger partial charge is 0.484 e. The SMILES string of the molecule is C[C@H](CNc1cc(-c2cnc3c(ccn3C3COC3)c2)ncn1)c1ccnc2c1OCCO2. The number of nitrogens with zero attached hydrogens (tertiary/aromatic N) is 5. The first-order valence-electron chi connectivity index (χ1n) is 11.1. The molecule has 1 N–H and O–H groups in total. The Labute approximate surface area is 190 Å². The number of fused-ring (bicyclic) bond motifs is 2. The van der Waals surface area contributed by atoms with Gasteiger partial charge in [0.05, 0.1) is 24.9 Å².